The molecule has 0 bridgehead atoms. The molecule has 80 valence electrons. The van der Waals surface area contributed by atoms with Crippen molar-refractivity contribution in [3.05, 3.63) is 24.0 Å². The van der Waals surface area contributed by atoms with Crippen molar-refractivity contribution in [1.82, 2.24) is 4.98 Å². The SMILES string of the molecule is O=C(O)c1ccncc1NC(=O)C(F)F. The second kappa shape index (κ2) is 4.45. The molecule has 15 heavy (non-hydrogen) atoms. The number of rotatable bonds is 3. The maximum atomic E-state index is 11.9. The zero-order chi connectivity index (χ0) is 11.4. The van der Waals surface area contributed by atoms with E-state index in [1.807, 2.05) is 0 Å². The van der Waals surface area contributed by atoms with E-state index in [1.165, 1.54) is 6.20 Å². The molecule has 1 amide bonds. The van der Waals surface area contributed by atoms with E-state index in [-0.39, 0.29) is 11.3 Å². The Morgan fingerprint density at radius 3 is 2.67 bits per heavy atom. The Bertz CT molecular complexity index is 395. The third kappa shape index (κ3) is 2.70. The van der Waals surface area contributed by atoms with Gasteiger partial charge in [0.25, 0.3) is 5.91 Å². The fourth-order valence-electron chi connectivity index (χ4n) is 0.868. The molecule has 0 aliphatic heterocycles. The average Bonchev–Trinajstić information content (AvgIpc) is 2.18. The number of amides is 1. The summed E-state index contributed by atoms with van der Waals surface area (Å²) in [6.07, 6.45) is -1.03. The molecule has 0 aromatic carbocycles. The molecular weight excluding hydrogens is 210 g/mol. The Kier molecular flexibility index (Phi) is 3.27. The summed E-state index contributed by atoms with van der Waals surface area (Å²) in [4.78, 5) is 24.7. The van der Waals surface area contributed by atoms with Gasteiger partial charge in [0, 0.05) is 6.20 Å². The van der Waals surface area contributed by atoms with Crippen LogP contribution in [0.15, 0.2) is 18.5 Å². The normalized spacial score (nSPS) is 10.1. The molecule has 7 heteroatoms. The first-order valence-corrected chi connectivity index (χ1v) is 3.78. The lowest BCUT2D eigenvalue weighted by Crippen LogP contribution is -2.21. The largest absolute Gasteiger partial charge is 0.478 e. The van der Waals surface area contributed by atoms with Crippen molar-refractivity contribution < 1.29 is 23.5 Å². The fraction of sp³-hybridized carbons (Fsp3) is 0.125. The van der Waals surface area contributed by atoms with Gasteiger partial charge in [0.2, 0.25) is 0 Å². The first-order valence-electron chi connectivity index (χ1n) is 3.78. The predicted octanol–water partition coefficient (Wildman–Crippen LogP) is 0.983. The van der Waals surface area contributed by atoms with E-state index in [0.717, 1.165) is 12.3 Å². The average molecular weight is 216 g/mol. The molecule has 0 unspecified atom stereocenters. The third-order valence-corrected chi connectivity index (χ3v) is 1.51. The van der Waals surface area contributed by atoms with Crippen molar-refractivity contribution in [3.63, 3.8) is 0 Å². The van der Waals surface area contributed by atoms with Gasteiger partial charge in [0.15, 0.2) is 0 Å². The maximum Gasteiger partial charge on any atom is 0.337 e. The number of aromatic nitrogens is 1. The molecule has 0 saturated heterocycles. The second-order valence-corrected chi connectivity index (χ2v) is 2.52. The van der Waals surface area contributed by atoms with Crippen LogP contribution in [0.3, 0.4) is 0 Å². The molecule has 2 N–H and O–H groups in total. The smallest absolute Gasteiger partial charge is 0.337 e. The topological polar surface area (TPSA) is 79.3 Å². The van der Waals surface area contributed by atoms with Crippen LogP contribution < -0.4 is 5.32 Å². The Labute approximate surface area is 82.7 Å². The Morgan fingerprint density at radius 2 is 2.13 bits per heavy atom. The van der Waals surface area contributed by atoms with Crippen LogP contribution in [0.25, 0.3) is 0 Å². The number of hydrogen-bond acceptors (Lipinski definition) is 3. The highest BCUT2D eigenvalue weighted by atomic mass is 19.3. The molecule has 5 nitrogen and oxygen atoms in total. The van der Waals surface area contributed by atoms with Crippen molar-refractivity contribution in [2.75, 3.05) is 5.32 Å². The van der Waals surface area contributed by atoms with E-state index in [0.29, 0.717) is 0 Å². The van der Waals surface area contributed by atoms with Gasteiger partial charge in [-0.3, -0.25) is 9.78 Å². The molecule has 0 spiro atoms. The van der Waals surface area contributed by atoms with Crippen molar-refractivity contribution in [2.24, 2.45) is 0 Å². The molecular formula is C8H6F2N2O3. The van der Waals surface area contributed by atoms with Gasteiger partial charge in [-0.2, -0.15) is 8.78 Å². The van der Waals surface area contributed by atoms with Gasteiger partial charge in [0.05, 0.1) is 17.4 Å². The van der Waals surface area contributed by atoms with Gasteiger partial charge < -0.3 is 10.4 Å². The van der Waals surface area contributed by atoms with Crippen LogP contribution in [0, 0.1) is 0 Å². The lowest BCUT2D eigenvalue weighted by molar-refractivity contribution is -0.126. The zero-order valence-electron chi connectivity index (χ0n) is 7.28. The van der Waals surface area contributed by atoms with Crippen LogP contribution in [0.2, 0.25) is 0 Å². The molecule has 0 aliphatic rings. The van der Waals surface area contributed by atoms with E-state index >= 15 is 0 Å². The van der Waals surface area contributed by atoms with E-state index in [1.54, 1.807) is 5.32 Å². The maximum absolute atomic E-state index is 11.9. The van der Waals surface area contributed by atoms with Crippen LogP contribution in [0.4, 0.5) is 14.5 Å². The van der Waals surface area contributed by atoms with Gasteiger partial charge in [-0.1, -0.05) is 0 Å². The Balaban J connectivity index is 2.94. The molecule has 0 aliphatic carbocycles. The van der Waals surface area contributed by atoms with Crippen molar-refractivity contribution in [2.45, 2.75) is 6.43 Å². The number of hydrogen-bond donors (Lipinski definition) is 2. The van der Waals surface area contributed by atoms with Crippen LogP contribution in [0.1, 0.15) is 10.4 Å². The number of aromatic carboxylic acids is 1. The van der Waals surface area contributed by atoms with Gasteiger partial charge in [-0.05, 0) is 6.07 Å². The quantitative estimate of drug-likeness (QED) is 0.789. The number of pyridine rings is 1. The lowest BCUT2D eigenvalue weighted by Gasteiger charge is -2.06. The number of carboxylic acid groups (broad SMARTS) is 1. The van der Waals surface area contributed by atoms with Gasteiger partial charge in [-0.25, -0.2) is 4.79 Å². The number of anilines is 1. The first kappa shape index (κ1) is 11.0. The third-order valence-electron chi connectivity index (χ3n) is 1.51. The number of nitrogens with zero attached hydrogens (tertiary/aromatic N) is 1. The van der Waals surface area contributed by atoms with E-state index in [2.05, 4.69) is 4.98 Å². The standard InChI is InChI=1S/C8H6F2N2O3/c9-6(10)7(13)12-5-3-11-2-1-4(5)8(14)15/h1-3,6H,(H,12,13)(H,14,15). The van der Waals surface area contributed by atoms with E-state index in [4.69, 9.17) is 5.11 Å². The number of carboxylic acids is 1. The summed E-state index contributed by atoms with van der Waals surface area (Å²) in [5.74, 6) is -2.90. The van der Waals surface area contributed by atoms with Gasteiger partial charge in [0.1, 0.15) is 0 Å². The van der Waals surface area contributed by atoms with Crippen molar-refractivity contribution in [1.29, 1.82) is 0 Å². The molecule has 0 fully saturated rings. The molecule has 0 radical (unpaired) electrons. The summed E-state index contributed by atoms with van der Waals surface area (Å²) < 4.78 is 23.7. The predicted molar refractivity (Wildman–Crippen MR) is 45.8 cm³/mol. The second-order valence-electron chi connectivity index (χ2n) is 2.52. The zero-order valence-corrected chi connectivity index (χ0v) is 7.28. The monoisotopic (exact) mass is 216 g/mol. The van der Waals surface area contributed by atoms with Gasteiger partial charge >= 0.3 is 12.4 Å². The fourth-order valence-corrected chi connectivity index (χ4v) is 0.868. The number of carbonyl (C=O) groups is 2. The molecule has 1 aromatic rings. The van der Waals surface area contributed by atoms with E-state index < -0.39 is 18.3 Å². The number of nitrogens with one attached hydrogen (secondary N) is 1. The number of carbonyl (C=O) groups excluding carboxylic acids is 1. The highest BCUT2D eigenvalue weighted by Crippen LogP contribution is 2.13. The molecule has 1 heterocycles. The molecule has 0 atom stereocenters. The molecule has 1 rings (SSSR count). The van der Waals surface area contributed by atoms with Crippen molar-refractivity contribution >= 4 is 17.6 Å². The summed E-state index contributed by atoms with van der Waals surface area (Å²) in [5, 5.41) is 10.4. The summed E-state index contributed by atoms with van der Waals surface area (Å²) in [5.41, 5.74) is -0.547. The minimum absolute atomic E-state index is 0.254. The summed E-state index contributed by atoms with van der Waals surface area (Å²) in [6, 6.07) is 1.10. The molecule has 1 aromatic heterocycles. The minimum atomic E-state index is -3.20. The van der Waals surface area contributed by atoms with Crippen LogP contribution in [-0.2, 0) is 4.79 Å². The van der Waals surface area contributed by atoms with Crippen molar-refractivity contribution in [3.8, 4) is 0 Å². The molecule has 0 saturated carbocycles. The lowest BCUT2D eigenvalue weighted by atomic mass is 10.2. The highest BCUT2D eigenvalue weighted by Gasteiger charge is 2.18. The Hall–Kier alpha value is -2.05. The van der Waals surface area contributed by atoms with Crippen LogP contribution in [-0.4, -0.2) is 28.4 Å². The highest BCUT2D eigenvalue weighted by molar-refractivity contribution is 6.01. The van der Waals surface area contributed by atoms with E-state index in [9.17, 15) is 18.4 Å². The van der Waals surface area contributed by atoms with Crippen LogP contribution in [0.5, 0.6) is 0 Å². The summed E-state index contributed by atoms with van der Waals surface area (Å²) >= 11 is 0. The summed E-state index contributed by atoms with van der Waals surface area (Å²) in [7, 11) is 0. The first-order chi connectivity index (χ1) is 7.02. The number of halogens is 2. The summed E-state index contributed by atoms with van der Waals surface area (Å²) in [6.45, 7) is 0. The number of alkyl halides is 2. The minimum Gasteiger partial charge on any atom is -0.478 e. The Morgan fingerprint density at radius 1 is 1.47 bits per heavy atom. The van der Waals surface area contributed by atoms with Crippen LogP contribution >= 0.6 is 0 Å². The van der Waals surface area contributed by atoms with Gasteiger partial charge in [-0.15, -0.1) is 0 Å².